The lowest BCUT2D eigenvalue weighted by atomic mass is 10.0. The van der Waals surface area contributed by atoms with Crippen molar-refractivity contribution in [3.05, 3.63) is 41.6 Å². The molecular weight excluding hydrogens is 322 g/mol. The zero-order valence-electron chi connectivity index (χ0n) is 16.3. The molecule has 138 valence electrons. The van der Waals surface area contributed by atoms with E-state index in [4.69, 9.17) is 0 Å². The normalized spacial score (nSPS) is 18.0. The lowest BCUT2D eigenvalue weighted by molar-refractivity contribution is 0.140. The van der Waals surface area contributed by atoms with E-state index in [1.54, 1.807) is 0 Å². The minimum Gasteiger partial charge on any atom is -0.339 e. The van der Waals surface area contributed by atoms with Crippen LogP contribution in [0.25, 0.3) is 10.9 Å². The van der Waals surface area contributed by atoms with Crippen molar-refractivity contribution in [1.29, 1.82) is 0 Å². The van der Waals surface area contributed by atoms with Gasteiger partial charge in [-0.15, -0.1) is 0 Å². The molecular formula is C21H29N5. The van der Waals surface area contributed by atoms with E-state index in [1.165, 1.54) is 16.5 Å². The third kappa shape index (κ3) is 4.10. The summed E-state index contributed by atoms with van der Waals surface area (Å²) >= 11 is 0. The largest absolute Gasteiger partial charge is 0.339 e. The first-order valence-electron chi connectivity index (χ1n) is 9.47. The molecule has 0 bridgehead atoms. The molecule has 0 amide bonds. The van der Waals surface area contributed by atoms with E-state index >= 15 is 0 Å². The smallest absolute Gasteiger partial charge is 0.220 e. The van der Waals surface area contributed by atoms with Crippen LogP contribution >= 0.6 is 0 Å². The fraction of sp³-hybridized carbons (Fsp3) is 0.476. The molecule has 0 radical (unpaired) electrons. The van der Waals surface area contributed by atoms with Crippen molar-refractivity contribution in [2.45, 2.75) is 33.2 Å². The minimum atomic E-state index is 0.380. The summed E-state index contributed by atoms with van der Waals surface area (Å²) < 4.78 is 0. The number of aryl methyl sites for hydroxylation is 1. The average Bonchev–Trinajstić information content (AvgIpc) is 2.68. The summed E-state index contributed by atoms with van der Waals surface area (Å²) in [6.45, 7) is 10.4. The van der Waals surface area contributed by atoms with Gasteiger partial charge in [0, 0.05) is 57.1 Å². The van der Waals surface area contributed by atoms with Gasteiger partial charge in [-0.05, 0) is 43.5 Å². The Morgan fingerprint density at radius 1 is 1.23 bits per heavy atom. The summed E-state index contributed by atoms with van der Waals surface area (Å²) in [7, 11) is 1.82. The summed E-state index contributed by atoms with van der Waals surface area (Å²) in [5.74, 6) is 0.851. The number of nitrogens with zero attached hydrogens (tertiary/aromatic N) is 5. The molecule has 2 heterocycles. The Kier molecular flexibility index (Phi) is 5.99. The van der Waals surface area contributed by atoms with E-state index in [0.29, 0.717) is 6.04 Å². The standard InChI is InChI=1S/C21H29N5/c1-5-8-23-21(22-4)26-11-9-25(10-12-26)17(3)18-6-7-19-13-16(2)15-24-20(19)14-18/h6-8,13-15,17H,5,9-12H2,1-4H3/b22-21?,23-8-. The van der Waals surface area contributed by atoms with Crippen molar-refractivity contribution in [1.82, 2.24) is 14.8 Å². The van der Waals surface area contributed by atoms with Crippen molar-refractivity contribution in [3.8, 4) is 0 Å². The Morgan fingerprint density at radius 2 is 2.00 bits per heavy atom. The molecule has 1 unspecified atom stereocenters. The Morgan fingerprint density at radius 3 is 2.69 bits per heavy atom. The Labute approximate surface area is 156 Å². The molecule has 1 aliphatic heterocycles. The number of hydrogen-bond donors (Lipinski definition) is 0. The first kappa shape index (κ1) is 18.5. The molecule has 5 heteroatoms. The van der Waals surface area contributed by atoms with Gasteiger partial charge in [0.2, 0.25) is 5.96 Å². The van der Waals surface area contributed by atoms with Gasteiger partial charge >= 0.3 is 0 Å². The zero-order valence-corrected chi connectivity index (χ0v) is 16.3. The fourth-order valence-corrected chi connectivity index (χ4v) is 3.48. The van der Waals surface area contributed by atoms with Crippen LogP contribution < -0.4 is 0 Å². The number of pyridine rings is 1. The number of aliphatic imine (C=N–C) groups is 2. The van der Waals surface area contributed by atoms with Gasteiger partial charge in [-0.3, -0.25) is 14.9 Å². The minimum absolute atomic E-state index is 0.380. The number of fused-ring (bicyclic) bond motifs is 1. The second-order valence-electron chi connectivity index (χ2n) is 6.91. The van der Waals surface area contributed by atoms with Gasteiger partial charge in [0.15, 0.2) is 0 Å². The molecule has 26 heavy (non-hydrogen) atoms. The van der Waals surface area contributed by atoms with Crippen molar-refractivity contribution in [3.63, 3.8) is 0 Å². The van der Waals surface area contributed by atoms with Crippen molar-refractivity contribution < 1.29 is 0 Å². The predicted molar refractivity (Wildman–Crippen MR) is 110 cm³/mol. The summed E-state index contributed by atoms with van der Waals surface area (Å²) in [6.07, 6.45) is 4.81. The fourth-order valence-electron chi connectivity index (χ4n) is 3.48. The number of aromatic nitrogens is 1. The number of guanidine groups is 1. The maximum atomic E-state index is 4.59. The summed E-state index contributed by atoms with van der Waals surface area (Å²) in [5, 5.41) is 1.21. The molecule has 1 atom stereocenters. The van der Waals surface area contributed by atoms with Crippen LogP contribution in [0.4, 0.5) is 0 Å². The maximum Gasteiger partial charge on any atom is 0.220 e. The Hall–Kier alpha value is -2.27. The van der Waals surface area contributed by atoms with Gasteiger partial charge in [-0.1, -0.05) is 19.1 Å². The summed E-state index contributed by atoms with van der Waals surface area (Å²) in [5.41, 5.74) is 3.61. The highest BCUT2D eigenvalue weighted by Crippen LogP contribution is 2.25. The van der Waals surface area contributed by atoms with Crippen LogP contribution in [0, 0.1) is 6.92 Å². The first-order valence-corrected chi connectivity index (χ1v) is 9.47. The van der Waals surface area contributed by atoms with E-state index < -0.39 is 0 Å². The first-order chi connectivity index (χ1) is 12.6. The number of rotatable bonds is 3. The number of piperazine rings is 1. The highest BCUT2D eigenvalue weighted by atomic mass is 15.3. The molecule has 1 saturated heterocycles. The van der Waals surface area contributed by atoms with Gasteiger partial charge in [0.1, 0.15) is 0 Å². The van der Waals surface area contributed by atoms with Crippen LogP contribution in [0.3, 0.4) is 0 Å². The lowest BCUT2D eigenvalue weighted by Gasteiger charge is -2.38. The molecule has 1 aromatic carbocycles. The van der Waals surface area contributed by atoms with Crippen molar-refractivity contribution in [2.24, 2.45) is 9.98 Å². The highest BCUT2D eigenvalue weighted by molar-refractivity contribution is 5.87. The van der Waals surface area contributed by atoms with E-state index in [2.05, 4.69) is 69.8 Å². The highest BCUT2D eigenvalue weighted by Gasteiger charge is 2.23. The number of hydrogen-bond acceptors (Lipinski definition) is 3. The molecule has 1 fully saturated rings. The molecule has 0 saturated carbocycles. The molecule has 1 aliphatic rings. The number of benzene rings is 1. The maximum absolute atomic E-state index is 4.59. The van der Waals surface area contributed by atoms with Gasteiger partial charge in [0.05, 0.1) is 5.52 Å². The molecule has 0 spiro atoms. The predicted octanol–water partition coefficient (Wildman–Crippen LogP) is 3.69. The lowest BCUT2D eigenvalue weighted by Crippen LogP contribution is -2.49. The van der Waals surface area contributed by atoms with E-state index in [1.807, 2.05) is 19.5 Å². The molecule has 0 N–H and O–H groups in total. The second-order valence-corrected chi connectivity index (χ2v) is 6.91. The van der Waals surface area contributed by atoms with Crippen molar-refractivity contribution in [2.75, 3.05) is 33.2 Å². The molecule has 3 rings (SSSR count). The zero-order chi connectivity index (χ0) is 18.5. The molecule has 2 aromatic rings. The van der Waals surface area contributed by atoms with Crippen molar-refractivity contribution >= 4 is 23.1 Å². The van der Waals surface area contributed by atoms with Crippen LogP contribution in [0.2, 0.25) is 0 Å². The van der Waals surface area contributed by atoms with Crippen LogP contribution in [0.1, 0.15) is 37.4 Å². The van der Waals surface area contributed by atoms with Crippen LogP contribution in [-0.2, 0) is 0 Å². The molecule has 0 aliphatic carbocycles. The van der Waals surface area contributed by atoms with Gasteiger partial charge in [0.25, 0.3) is 0 Å². The van der Waals surface area contributed by atoms with Gasteiger partial charge < -0.3 is 4.90 Å². The SMILES string of the molecule is CC/C=N\C(=NC)N1CCN(C(C)c2ccc3cc(C)cnc3c2)CC1. The molecule has 5 nitrogen and oxygen atoms in total. The van der Waals surface area contributed by atoms with E-state index in [9.17, 15) is 0 Å². The van der Waals surface area contributed by atoms with Gasteiger partial charge in [-0.25, -0.2) is 4.99 Å². The molecule has 1 aromatic heterocycles. The van der Waals surface area contributed by atoms with Gasteiger partial charge in [-0.2, -0.15) is 0 Å². The third-order valence-corrected chi connectivity index (χ3v) is 5.06. The third-order valence-electron chi connectivity index (χ3n) is 5.06. The summed E-state index contributed by atoms with van der Waals surface area (Å²) in [6, 6.07) is 9.24. The Balaban J connectivity index is 1.67. The average molecular weight is 351 g/mol. The Bertz CT molecular complexity index is 803. The second kappa shape index (κ2) is 8.41. The topological polar surface area (TPSA) is 44.1 Å². The van der Waals surface area contributed by atoms with Crippen LogP contribution in [0.15, 0.2) is 40.4 Å². The van der Waals surface area contributed by atoms with E-state index in [-0.39, 0.29) is 0 Å². The summed E-state index contributed by atoms with van der Waals surface area (Å²) in [4.78, 5) is 18.2. The monoisotopic (exact) mass is 351 g/mol. The quantitative estimate of drug-likeness (QED) is 0.626. The van der Waals surface area contributed by atoms with E-state index in [0.717, 1.165) is 44.1 Å². The van der Waals surface area contributed by atoms with Crippen LogP contribution in [0.5, 0.6) is 0 Å². The van der Waals surface area contributed by atoms with Crippen LogP contribution in [-0.4, -0.2) is 60.2 Å².